The Hall–Kier alpha value is -1.01. The van der Waals surface area contributed by atoms with Crippen molar-refractivity contribution in [3.8, 4) is 0 Å². The Bertz CT molecular complexity index is 621. The van der Waals surface area contributed by atoms with E-state index in [1.807, 2.05) is 20.8 Å². The summed E-state index contributed by atoms with van der Waals surface area (Å²) in [4.78, 5) is 11.5. The quantitative estimate of drug-likeness (QED) is 0.0692. The summed E-state index contributed by atoms with van der Waals surface area (Å²) in [6.45, 7) is 19.3. The van der Waals surface area contributed by atoms with Crippen LogP contribution in [0, 0.1) is 0 Å². The first-order valence-electron chi connectivity index (χ1n) is 17.1. The molecular formula is C33H66O14. The zero-order valence-electron chi connectivity index (χ0n) is 29.8. The molecule has 14 nitrogen and oxygen atoms in total. The van der Waals surface area contributed by atoms with Crippen LogP contribution in [0.3, 0.4) is 0 Å². The number of carbonyl (C=O) groups is 1. The van der Waals surface area contributed by atoms with E-state index in [0.29, 0.717) is 145 Å². The van der Waals surface area contributed by atoms with Crippen LogP contribution >= 0.6 is 0 Å². The first-order valence-corrected chi connectivity index (χ1v) is 17.1. The zero-order valence-corrected chi connectivity index (χ0v) is 29.8. The molecule has 0 radical (unpaired) electrons. The van der Waals surface area contributed by atoms with Gasteiger partial charge in [-0.3, -0.25) is 0 Å². The Morgan fingerprint density at radius 2 is 0.596 bits per heavy atom. The predicted molar refractivity (Wildman–Crippen MR) is 175 cm³/mol. The van der Waals surface area contributed by atoms with E-state index < -0.39 is 5.60 Å². The molecule has 0 heterocycles. The van der Waals surface area contributed by atoms with Crippen LogP contribution in [-0.2, 0) is 66.4 Å². The molecule has 0 aromatic carbocycles. The molecule has 0 aromatic rings. The average Bonchev–Trinajstić information content (AvgIpc) is 3.03. The van der Waals surface area contributed by atoms with E-state index in [2.05, 4.69) is 6.92 Å². The molecule has 0 bridgehead atoms. The Kier molecular flexibility index (Phi) is 37.0. The lowest BCUT2D eigenvalue weighted by molar-refractivity contribution is -0.160. The van der Waals surface area contributed by atoms with E-state index in [0.717, 1.165) is 13.0 Å². The van der Waals surface area contributed by atoms with Gasteiger partial charge in [-0.05, 0) is 27.2 Å². The Labute approximate surface area is 283 Å². The summed E-state index contributed by atoms with van der Waals surface area (Å²) in [6, 6.07) is 0. The van der Waals surface area contributed by atoms with Crippen LogP contribution < -0.4 is 0 Å². The van der Waals surface area contributed by atoms with Crippen molar-refractivity contribution in [2.75, 3.05) is 159 Å². The summed E-state index contributed by atoms with van der Waals surface area (Å²) in [6.07, 6.45) is 3.53. The summed E-state index contributed by atoms with van der Waals surface area (Å²) in [5.74, 6) is -0.386. The molecule has 0 aliphatic rings. The number of unbranched alkanes of at least 4 members (excludes halogenated alkanes) is 2. The summed E-state index contributed by atoms with van der Waals surface area (Å²) in [7, 11) is 0. The van der Waals surface area contributed by atoms with Gasteiger partial charge >= 0.3 is 5.97 Å². The van der Waals surface area contributed by atoms with Crippen LogP contribution in [0.4, 0.5) is 0 Å². The van der Waals surface area contributed by atoms with Crippen LogP contribution in [0.1, 0.15) is 47.0 Å². The second kappa shape index (κ2) is 37.8. The Morgan fingerprint density at radius 1 is 0.362 bits per heavy atom. The molecule has 0 saturated carbocycles. The first-order chi connectivity index (χ1) is 23.0. The van der Waals surface area contributed by atoms with E-state index in [1.165, 1.54) is 12.8 Å². The monoisotopic (exact) mass is 686 g/mol. The smallest absolute Gasteiger partial charge is 0.332 e. The number of hydrogen-bond acceptors (Lipinski definition) is 14. The molecule has 0 amide bonds. The minimum Gasteiger partial charge on any atom is -0.458 e. The molecule has 0 fully saturated rings. The van der Waals surface area contributed by atoms with Crippen molar-refractivity contribution in [2.24, 2.45) is 0 Å². The maximum absolute atomic E-state index is 11.5. The third kappa shape index (κ3) is 43.0. The van der Waals surface area contributed by atoms with Crippen LogP contribution in [0.25, 0.3) is 0 Å². The highest BCUT2D eigenvalue weighted by molar-refractivity contribution is 5.71. The van der Waals surface area contributed by atoms with Gasteiger partial charge < -0.3 is 61.6 Å². The normalized spacial score (nSPS) is 11.8. The van der Waals surface area contributed by atoms with Crippen LogP contribution in [0.5, 0.6) is 0 Å². The molecule has 14 heteroatoms. The summed E-state index contributed by atoms with van der Waals surface area (Å²) >= 11 is 0. The molecule has 0 atom stereocenters. The number of ether oxygens (including phenoxy) is 13. The maximum Gasteiger partial charge on any atom is 0.332 e. The van der Waals surface area contributed by atoms with Gasteiger partial charge in [0.2, 0.25) is 0 Å². The topological polar surface area (TPSA) is 137 Å². The third-order valence-corrected chi connectivity index (χ3v) is 5.62. The molecule has 282 valence electrons. The third-order valence-electron chi connectivity index (χ3n) is 5.62. The van der Waals surface area contributed by atoms with Crippen molar-refractivity contribution in [1.29, 1.82) is 0 Å². The van der Waals surface area contributed by atoms with Gasteiger partial charge in [-0.15, -0.1) is 0 Å². The predicted octanol–water partition coefficient (Wildman–Crippen LogP) is 2.72. The molecule has 0 saturated heterocycles. The fourth-order valence-electron chi connectivity index (χ4n) is 3.40. The lowest BCUT2D eigenvalue weighted by Gasteiger charge is -2.19. The fourth-order valence-corrected chi connectivity index (χ4v) is 3.40. The maximum atomic E-state index is 11.5. The molecule has 0 spiro atoms. The van der Waals surface area contributed by atoms with E-state index in [9.17, 15) is 4.79 Å². The van der Waals surface area contributed by atoms with Crippen LogP contribution in [-0.4, -0.2) is 170 Å². The largest absolute Gasteiger partial charge is 0.458 e. The van der Waals surface area contributed by atoms with Crippen LogP contribution in [0.15, 0.2) is 0 Å². The highest BCUT2D eigenvalue weighted by Crippen LogP contribution is 2.06. The number of carbonyl (C=O) groups excluding carboxylic acids is 1. The minimum atomic E-state index is -0.510. The Balaban J connectivity index is 3.09. The van der Waals surface area contributed by atoms with Gasteiger partial charge in [-0.25, -0.2) is 4.79 Å². The Morgan fingerprint density at radius 3 is 0.830 bits per heavy atom. The average molecular weight is 687 g/mol. The minimum absolute atomic E-state index is 0.0823. The molecule has 0 aliphatic heterocycles. The van der Waals surface area contributed by atoms with Crippen molar-refractivity contribution >= 4 is 5.97 Å². The van der Waals surface area contributed by atoms with Crippen molar-refractivity contribution in [3.05, 3.63) is 0 Å². The fraction of sp³-hybridized carbons (Fsp3) is 0.970. The molecule has 0 N–H and O–H groups in total. The van der Waals surface area contributed by atoms with Gasteiger partial charge in [0.15, 0.2) is 0 Å². The first kappa shape index (κ1) is 46.0. The second-order valence-corrected chi connectivity index (χ2v) is 11.1. The van der Waals surface area contributed by atoms with Gasteiger partial charge in [0.05, 0.1) is 145 Å². The van der Waals surface area contributed by atoms with E-state index in [4.69, 9.17) is 61.6 Å². The molecule has 47 heavy (non-hydrogen) atoms. The van der Waals surface area contributed by atoms with E-state index in [-0.39, 0.29) is 12.6 Å². The summed E-state index contributed by atoms with van der Waals surface area (Å²) in [5, 5.41) is 0. The van der Waals surface area contributed by atoms with Crippen molar-refractivity contribution in [3.63, 3.8) is 0 Å². The van der Waals surface area contributed by atoms with Gasteiger partial charge in [-0.2, -0.15) is 0 Å². The number of hydrogen-bond donors (Lipinski definition) is 0. The number of rotatable bonds is 39. The molecule has 0 rings (SSSR count). The zero-order chi connectivity index (χ0) is 34.4. The van der Waals surface area contributed by atoms with Gasteiger partial charge in [0, 0.05) is 6.61 Å². The van der Waals surface area contributed by atoms with Gasteiger partial charge in [0.1, 0.15) is 12.2 Å². The molecular weight excluding hydrogens is 620 g/mol. The summed E-state index contributed by atoms with van der Waals surface area (Å²) < 4.78 is 70.4. The summed E-state index contributed by atoms with van der Waals surface area (Å²) in [5.41, 5.74) is -0.510. The second-order valence-electron chi connectivity index (χ2n) is 11.1. The van der Waals surface area contributed by atoms with Gasteiger partial charge in [0.25, 0.3) is 0 Å². The van der Waals surface area contributed by atoms with Gasteiger partial charge in [-0.1, -0.05) is 19.8 Å². The highest BCUT2D eigenvalue weighted by atomic mass is 16.6. The lowest BCUT2D eigenvalue weighted by Crippen LogP contribution is -2.27. The molecule has 0 aromatic heterocycles. The lowest BCUT2D eigenvalue weighted by atomic mass is 10.2. The SMILES string of the molecule is CCCCCOCCOCCOCCOCCOCCOCCOCCOCCOCCOCCOCCOCC(=O)OC(C)(C)C. The molecule has 0 aliphatic carbocycles. The van der Waals surface area contributed by atoms with Crippen molar-refractivity contribution < 1.29 is 66.4 Å². The van der Waals surface area contributed by atoms with Crippen LogP contribution in [0.2, 0.25) is 0 Å². The number of esters is 1. The van der Waals surface area contributed by atoms with E-state index in [1.54, 1.807) is 0 Å². The van der Waals surface area contributed by atoms with E-state index >= 15 is 0 Å². The molecule has 0 unspecified atom stereocenters. The highest BCUT2D eigenvalue weighted by Gasteiger charge is 2.15. The van der Waals surface area contributed by atoms with Crippen molar-refractivity contribution in [1.82, 2.24) is 0 Å². The van der Waals surface area contributed by atoms with Crippen molar-refractivity contribution in [2.45, 2.75) is 52.6 Å². The standard InChI is InChI=1S/C33H66O14/c1-5-6-7-8-35-9-10-36-11-12-37-13-14-38-15-16-39-17-18-40-19-20-41-21-22-42-23-24-43-25-26-44-27-28-45-29-30-46-31-32(34)47-33(2,3)4/h5-31H2,1-4H3.